The van der Waals surface area contributed by atoms with E-state index < -0.39 is 0 Å². The minimum absolute atomic E-state index is 0.0769. The lowest BCUT2D eigenvalue weighted by Crippen LogP contribution is -2.46. The molecule has 0 spiro atoms. The largest absolute Gasteiger partial charge is 0.394 e. The molecule has 3 rings (SSSR count). The summed E-state index contributed by atoms with van der Waals surface area (Å²) in [5.41, 5.74) is 1.19. The highest BCUT2D eigenvalue weighted by Crippen LogP contribution is 2.28. The van der Waals surface area contributed by atoms with Gasteiger partial charge in [0.2, 0.25) is 0 Å². The zero-order valence-electron chi connectivity index (χ0n) is 11.5. The highest BCUT2D eigenvalue weighted by Gasteiger charge is 2.36. The van der Waals surface area contributed by atoms with Crippen LogP contribution in [0.3, 0.4) is 0 Å². The number of benzene rings is 1. The van der Waals surface area contributed by atoms with Crippen LogP contribution in [0.15, 0.2) is 30.3 Å². The molecule has 0 aliphatic carbocycles. The Labute approximate surface area is 115 Å². The summed E-state index contributed by atoms with van der Waals surface area (Å²) in [6, 6.07) is 11.6. The molecule has 2 saturated heterocycles. The lowest BCUT2D eigenvalue weighted by Gasteiger charge is -2.34. The van der Waals surface area contributed by atoms with Crippen molar-refractivity contribution in [3.05, 3.63) is 35.9 Å². The third kappa shape index (κ3) is 2.83. The fourth-order valence-electron chi connectivity index (χ4n) is 3.64. The van der Waals surface area contributed by atoms with E-state index in [4.69, 9.17) is 0 Å². The van der Waals surface area contributed by atoms with Crippen molar-refractivity contribution in [1.82, 2.24) is 10.2 Å². The molecule has 3 atom stereocenters. The Hall–Kier alpha value is -0.900. The van der Waals surface area contributed by atoms with Gasteiger partial charge >= 0.3 is 0 Å². The maximum atomic E-state index is 9.66. The van der Waals surface area contributed by atoms with E-state index in [9.17, 15) is 5.11 Å². The fourth-order valence-corrected chi connectivity index (χ4v) is 3.64. The third-order valence-electron chi connectivity index (χ3n) is 4.66. The number of aliphatic hydroxyl groups excluding tert-OH is 1. The van der Waals surface area contributed by atoms with Gasteiger partial charge < -0.3 is 10.4 Å². The molecule has 0 aromatic heterocycles. The first kappa shape index (κ1) is 13.1. The van der Waals surface area contributed by atoms with Crippen LogP contribution in [0.25, 0.3) is 0 Å². The van der Waals surface area contributed by atoms with Gasteiger partial charge in [-0.3, -0.25) is 4.90 Å². The van der Waals surface area contributed by atoms with Crippen LogP contribution < -0.4 is 5.32 Å². The van der Waals surface area contributed by atoms with Crippen LogP contribution in [-0.4, -0.2) is 41.8 Å². The number of hydrogen-bond donors (Lipinski definition) is 2. The maximum Gasteiger partial charge on any atom is 0.0626 e. The minimum Gasteiger partial charge on any atom is -0.394 e. The van der Waals surface area contributed by atoms with Crippen LogP contribution in [0.4, 0.5) is 0 Å². The molecule has 2 N–H and O–H groups in total. The minimum atomic E-state index is 0.0769. The Morgan fingerprint density at radius 1 is 1.16 bits per heavy atom. The molecule has 2 fully saturated rings. The summed E-state index contributed by atoms with van der Waals surface area (Å²) in [5, 5.41) is 13.3. The number of hydrogen-bond acceptors (Lipinski definition) is 3. The Morgan fingerprint density at radius 3 is 2.79 bits per heavy atom. The molecule has 3 heteroatoms. The molecule has 1 aromatic rings. The van der Waals surface area contributed by atoms with Crippen molar-refractivity contribution in [3.63, 3.8) is 0 Å². The van der Waals surface area contributed by atoms with Crippen molar-refractivity contribution in [2.45, 2.75) is 43.8 Å². The number of fused-ring (bicyclic) bond motifs is 1. The van der Waals surface area contributed by atoms with Gasteiger partial charge in [-0.05, 0) is 31.4 Å². The number of nitrogens with zero attached hydrogens (tertiary/aromatic N) is 1. The van der Waals surface area contributed by atoms with Crippen molar-refractivity contribution in [2.75, 3.05) is 19.7 Å². The zero-order chi connectivity index (χ0) is 13.1. The van der Waals surface area contributed by atoms with E-state index >= 15 is 0 Å². The van der Waals surface area contributed by atoms with Crippen molar-refractivity contribution in [2.24, 2.45) is 0 Å². The van der Waals surface area contributed by atoms with E-state index in [1.807, 2.05) is 18.2 Å². The van der Waals surface area contributed by atoms with Gasteiger partial charge in [0.05, 0.1) is 12.6 Å². The SMILES string of the molecule is OCC(NC1CCN2CCCCC12)c1ccccc1. The first-order valence-corrected chi connectivity index (χ1v) is 7.54. The van der Waals surface area contributed by atoms with E-state index in [1.54, 1.807) is 0 Å². The summed E-state index contributed by atoms with van der Waals surface area (Å²) in [6.45, 7) is 2.65. The summed E-state index contributed by atoms with van der Waals surface area (Å²) >= 11 is 0. The van der Waals surface area contributed by atoms with E-state index in [-0.39, 0.29) is 12.6 Å². The van der Waals surface area contributed by atoms with Crippen LogP contribution >= 0.6 is 0 Å². The van der Waals surface area contributed by atoms with Crippen molar-refractivity contribution >= 4 is 0 Å². The first-order chi connectivity index (χ1) is 9.38. The highest BCUT2D eigenvalue weighted by molar-refractivity contribution is 5.19. The second-order valence-corrected chi connectivity index (χ2v) is 5.81. The van der Waals surface area contributed by atoms with Crippen LogP contribution in [0.5, 0.6) is 0 Å². The molecule has 3 nitrogen and oxygen atoms in total. The molecule has 1 aromatic carbocycles. The van der Waals surface area contributed by atoms with Gasteiger partial charge in [0.1, 0.15) is 0 Å². The molecule has 0 bridgehead atoms. The van der Waals surface area contributed by atoms with Gasteiger partial charge in [0.25, 0.3) is 0 Å². The summed E-state index contributed by atoms with van der Waals surface area (Å²) in [4.78, 5) is 2.63. The maximum absolute atomic E-state index is 9.66. The van der Waals surface area contributed by atoms with E-state index in [0.717, 1.165) is 0 Å². The number of aliphatic hydroxyl groups is 1. The predicted molar refractivity (Wildman–Crippen MR) is 77.0 cm³/mol. The molecule has 0 radical (unpaired) electrons. The van der Waals surface area contributed by atoms with Gasteiger partial charge in [0.15, 0.2) is 0 Å². The van der Waals surface area contributed by atoms with Crippen LogP contribution in [0.1, 0.15) is 37.3 Å². The third-order valence-corrected chi connectivity index (χ3v) is 4.66. The van der Waals surface area contributed by atoms with Crippen molar-refractivity contribution < 1.29 is 5.11 Å². The fraction of sp³-hybridized carbons (Fsp3) is 0.625. The quantitative estimate of drug-likeness (QED) is 0.868. The summed E-state index contributed by atoms with van der Waals surface area (Å²) in [6.07, 6.45) is 5.23. The first-order valence-electron chi connectivity index (χ1n) is 7.54. The van der Waals surface area contributed by atoms with E-state index in [2.05, 4.69) is 22.3 Å². The Balaban J connectivity index is 1.66. The van der Waals surface area contributed by atoms with Gasteiger partial charge in [-0.15, -0.1) is 0 Å². The molecule has 2 aliphatic heterocycles. The average Bonchev–Trinajstić information content (AvgIpc) is 2.89. The highest BCUT2D eigenvalue weighted by atomic mass is 16.3. The average molecular weight is 260 g/mol. The molecule has 0 saturated carbocycles. The van der Waals surface area contributed by atoms with Crippen LogP contribution in [0.2, 0.25) is 0 Å². The molecule has 19 heavy (non-hydrogen) atoms. The Kier molecular flexibility index (Phi) is 4.16. The second-order valence-electron chi connectivity index (χ2n) is 5.81. The molecule has 0 amide bonds. The van der Waals surface area contributed by atoms with Crippen molar-refractivity contribution in [1.29, 1.82) is 0 Å². The molecule has 2 aliphatic rings. The predicted octanol–water partition coefficient (Wildman–Crippen LogP) is 1.94. The Bertz CT molecular complexity index is 395. The molecular weight excluding hydrogens is 236 g/mol. The van der Waals surface area contributed by atoms with Crippen LogP contribution in [0, 0.1) is 0 Å². The lowest BCUT2D eigenvalue weighted by molar-refractivity contribution is 0.165. The van der Waals surface area contributed by atoms with E-state index in [1.165, 1.54) is 44.3 Å². The number of piperidine rings is 1. The number of rotatable bonds is 4. The second kappa shape index (κ2) is 6.04. The summed E-state index contributed by atoms with van der Waals surface area (Å²) < 4.78 is 0. The standard InChI is InChI=1S/C16H24N2O/c19-12-15(13-6-2-1-3-7-13)17-14-9-11-18-10-5-4-8-16(14)18/h1-3,6-7,14-17,19H,4-5,8-12H2. The number of nitrogens with one attached hydrogen (secondary N) is 1. The lowest BCUT2D eigenvalue weighted by atomic mass is 9.97. The van der Waals surface area contributed by atoms with Crippen molar-refractivity contribution in [3.8, 4) is 0 Å². The summed E-state index contributed by atoms with van der Waals surface area (Å²) in [7, 11) is 0. The monoisotopic (exact) mass is 260 g/mol. The summed E-state index contributed by atoms with van der Waals surface area (Å²) in [5.74, 6) is 0. The van der Waals surface area contributed by atoms with Gasteiger partial charge in [-0.2, -0.15) is 0 Å². The van der Waals surface area contributed by atoms with Gasteiger partial charge in [-0.25, -0.2) is 0 Å². The molecule has 104 valence electrons. The molecule has 3 unspecified atom stereocenters. The molecular formula is C16H24N2O. The smallest absolute Gasteiger partial charge is 0.0626 e. The van der Waals surface area contributed by atoms with E-state index in [0.29, 0.717) is 12.1 Å². The van der Waals surface area contributed by atoms with Crippen LogP contribution in [-0.2, 0) is 0 Å². The topological polar surface area (TPSA) is 35.5 Å². The Morgan fingerprint density at radius 2 is 2.00 bits per heavy atom. The molecule has 2 heterocycles. The normalized spacial score (nSPS) is 29.1. The zero-order valence-corrected chi connectivity index (χ0v) is 11.5. The van der Waals surface area contributed by atoms with Gasteiger partial charge in [0, 0.05) is 18.6 Å². The van der Waals surface area contributed by atoms with Gasteiger partial charge in [-0.1, -0.05) is 36.8 Å².